The van der Waals surface area contributed by atoms with Crippen molar-refractivity contribution < 1.29 is 9.47 Å². The second kappa shape index (κ2) is 5.50. The number of nitrogens with zero attached hydrogens (tertiary/aromatic N) is 1. The summed E-state index contributed by atoms with van der Waals surface area (Å²) >= 11 is 0. The lowest BCUT2D eigenvalue weighted by Crippen LogP contribution is -2.07. The fraction of sp³-hybridized carbons (Fsp3) is 0.278. The molecule has 3 aromatic rings. The maximum atomic E-state index is 5.97. The Kier molecular flexibility index (Phi) is 3.33. The molecule has 1 atom stereocenters. The Morgan fingerprint density at radius 1 is 1.35 bits per heavy atom. The molecule has 0 amide bonds. The van der Waals surface area contributed by atoms with Gasteiger partial charge in [0.1, 0.15) is 17.6 Å². The maximum Gasteiger partial charge on any atom is 0.128 e. The number of anilines is 1. The summed E-state index contributed by atoms with van der Waals surface area (Å²) in [6.07, 6.45) is 2.98. The van der Waals surface area contributed by atoms with Crippen LogP contribution in [0.25, 0.3) is 10.9 Å². The molecular weight excluding hydrogens is 290 g/mol. The lowest BCUT2D eigenvalue weighted by Gasteiger charge is -2.13. The predicted molar refractivity (Wildman–Crippen MR) is 90.2 cm³/mol. The summed E-state index contributed by atoms with van der Waals surface area (Å²) in [5, 5.41) is 11.6. The number of hydrogen-bond donors (Lipinski definition) is 2. The molecule has 0 aliphatic carbocycles. The lowest BCUT2D eigenvalue weighted by molar-refractivity contribution is 0.252. The molecule has 5 heteroatoms. The van der Waals surface area contributed by atoms with E-state index in [0.717, 1.165) is 40.1 Å². The van der Waals surface area contributed by atoms with E-state index in [1.165, 1.54) is 5.56 Å². The highest BCUT2D eigenvalue weighted by atomic mass is 16.5. The summed E-state index contributed by atoms with van der Waals surface area (Å²) in [5.74, 6) is 1.87. The van der Waals surface area contributed by atoms with E-state index in [-0.39, 0.29) is 6.10 Å². The number of hydrogen-bond acceptors (Lipinski definition) is 4. The van der Waals surface area contributed by atoms with Crippen LogP contribution in [0.15, 0.2) is 36.5 Å². The zero-order valence-electron chi connectivity index (χ0n) is 13.2. The minimum absolute atomic E-state index is 0.220. The smallest absolute Gasteiger partial charge is 0.128 e. The molecule has 1 unspecified atom stereocenters. The van der Waals surface area contributed by atoms with Gasteiger partial charge in [0.2, 0.25) is 0 Å². The van der Waals surface area contributed by atoms with Crippen molar-refractivity contribution in [1.29, 1.82) is 0 Å². The standard InChI is InChI=1S/C18H19N3O2/c1-11-5-12-7-16(22-2)8-14(18(12)23-11)9-19-15-3-4-17-13(6-15)10-20-21-17/h3-4,6-8,10-11,19H,5,9H2,1-2H3,(H,20,21). The highest BCUT2D eigenvalue weighted by molar-refractivity contribution is 5.81. The first-order valence-corrected chi connectivity index (χ1v) is 7.76. The highest BCUT2D eigenvalue weighted by Crippen LogP contribution is 2.36. The maximum absolute atomic E-state index is 5.97. The number of rotatable bonds is 4. The lowest BCUT2D eigenvalue weighted by atomic mass is 10.1. The quantitative estimate of drug-likeness (QED) is 0.774. The van der Waals surface area contributed by atoms with Crippen LogP contribution in [-0.2, 0) is 13.0 Å². The third kappa shape index (κ3) is 2.59. The van der Waals surface area contributed by atoms with Crippen molar-refractivity contribution in [3.8, 4) is 11.5 Å². The van der Waals surface area contributed by atoms with Crippen LogP contribution in [0.3, 0.4) is 0 Å². The minimum Gasteiger partial charge on any atom is -0.497 e. The summed E-state index contributed by atoms with van der Waals surface area (Å²) in [4.78, 5) is 0. The first kappa shape index (κ1) is 13.9. The Hall–Kier alpha value is -2.69. The number of benzene rings is 2. The summed E-state index contributed by atoms with van der Waals surface area (Å²) < 4.78 is 11.4. The average Bonchev–Trinajstić information content (AvgIpc) is 3.16. The second-order valence-corrected chi connectivity index (χ2v) is 5.93. The second-order valence-electron chi connectivity index (χ2n) is 5.93. The number of nitrogens with one attached hydrogen (secondary N) is 2. The molecule has 2 aromatic carbocycles. The zero-order chi connectivity index (χ0) is 15.8. The predicted octanol–water partition coefficient (Wildman–Crippen LogP) is 3.51. The fourth-order valence-electron chi connectivity index (χ4n) is 3.08. The molecule has 0 fully saturated rings. The van der Waals surface area contributed by atoms with Crippen LogP contribution in [-0.4, -0.2) is 23.4 Å². The number of aromatic nitrogens is 2. The molecule has 5 nitrogen and oxygen atoms in total. The van der Waals surface area contributed by atoms with Crippen molar-refractivity contribution >= 4 is 16.6 Å². The molecule has 1 aromatic heterocycles. The van der Waals surface area contributed by atoms with Crippen LogP contribution < -0.4 is 14.8 Å². The van der Waals surface area contributed by atoms with E-state index in [9.17, 15) is 0 Å². The Morgan fingerprint density at radius 2 is 2.26 bits per heavy atom. The van der Waals surface area contributed by atoms with Gasteiger partial charge >= 0.3 is 0 Å². The third-order valence-electron chi connectivity index (χ3n) is 4.20. The highest BCUT2D eigenvalue weighted by Gasteiger charge is 2.23. The molecule has 2 N–H and O–H groups in total. The van der Waals surface area contributed by atoms with E-state index in [1.807, 2.05) is 24.4 Å². The van der Waals surface area contributed by atoms with Gasteiger partial charge in [0.05, 0.1) is 18.8 Å². The molecule has 0 saturated carbocycles. The van der Waals surface area contributed by atoms with E-state index in [2.05, 4.69) is 34.6 Å². The van der Waals surface area contributed by atoms with Crippen LogP contribution in [0.1, 0.15) is 18.1 Å². The summed E-state index contributed by atoms with van der Waals surface area (Å²) in [7, 11) is 1.70. The first-order valence-electron chi connectivity index (χ1n) is 7.76. The van der Waals surface area contributed by atoms with Gasteiger partial charge in [0, 0.05) is 35.2 Å². The van der Waals surface area contributed by atoms with Gasteiger partial charge in [-0.15, -0.1) is 0 Å². The number of fused-ring (bicyclic) bond motifs is 2. The summed E-state index contributed by atoms with van der Waals surface area (Å²) in [6.45, 7) is 2.78. The van der Waals surface area contributed by atoms with Gasteiger partial charge in [0.25, 0.3) is 0 Å². The van der Waals surface area contributed by atoms with Gasteiger partial charge in [-0.2, -0.15) is 5.10 Å². The van der Waals surface area contributed by atoms with Crippen molar-refractivity contribution in [2.45, 2.75) is 26.0 Å². The number of aromatic amines is 1. The van der Waals surface area contributed by atoms with Gasteiger partial charge in [-0.3, -0.25) is 5.10 Å². The molecule has 118 valence electrons. The third-order valence-corrected chi connectivity index (χ3v) is 4.20. The zero-order valence-corrected chi connectivity index (χ0v) is 13.2. The van der Waals surface area contributed by atoms with E-state index < -0.39 is 0 Å². The number of ether oxygens (including phenoxy) is 2. The molecule has 0 bridgehead atoms. The Morgan fingerprint density at radius 3 is 3.13 bits per heavy atom. The van der Waals surface area contributed by atoms with Gasteiger partial charge < -0.3 is 14.8 Å². The molecule has 0 radical (unpaired) electrons. The van der Waals surface area contributed by atoms with E-state index in [4.69, 9.17) is 9.47 Å². The first-order chi connectivity index (χ1) is 11.2. The topological polar surface area (TPSA) is 59.2 Å². The number of methoxy groups -OCH3 is 1. The molecule has 0 spiro atoms. The Labute approximate surface area is 134 Å². The van der Waals surface area contributed by atoms with Gasteiger partial charge in [-0.25, -0.2) is 0 Å². The molecule has 1 aliphatic rings. The molecule has 2 heterocycles. The molecule has 1 aliphatic heterocycles. The van der Waals surface area contributed by atoms with Crippen LogP contribution in [0.2, 0.25) is 0 Å². The molecule has 4 rings (SSSR count). The van der Waals surface area contributed by atoms with E-state index in [1.54, 1.807) is 7.11 Å². The van der Waals surface area contributed by atoms with Crippen LogP contribution >= 0.6 is 0 Å². The van der Waals surface area contributed by atoms with E-state index >= 15 is 0 Å². The van der Waals surface area contributed by atoms with Crippen LogP contribution in [0, 0.1) is 0 Å². The summed E-state index contributed by atoms with van der Waals surface area (Å²) in [5.41, 5.74) is 4.44. The van der Waals surface area contributed by atoms with Crippen molar-refractivity contribution in [2.75, 3.05) is 12.4 Å². The average molecular weight is 309 g/mol. The van der Waals surface area contributed by atoms with E-state index in [0.29, 0.717) is 6.54 Å². The normalized spacial score (nSPS) is 16.2. The Balaban J connectivity index is 1.60. The van der Waals surface area contributed by atoms with Crippen molar-refractivity contribution in [3.63, 3.8) is 0 Å². The van der Waals surface area contributed by atoms with Gasteiger partial charge in [0.15, 0.2) is 0 Å². The monoisotopic (exact) mass is 309 g/mol. The van der Waals surface area contributed by atoms with Crippen molar-refractivity contribution in [2.24, 2.45) is 0 Å². The van der Waals surface area contributed by atoms with Crippen LogP contribution in [0.4, 0.5) is 5.69 Å². The number of H-pyrrole nitrogens is 1. The van der Waals surface area contributed by atoms with Crippen molar-refractivity contribution in [1.82, 2.24) is 10.2 Å². The largest absolute Gasteiger partial charge is 0.497 e. The molecule has 23 heavy (non-hydrogen) atoms. The fourth-order valence-corrected chi connectivity index (χ4v) is 3.08. The SMILES string of the molecule is COc1cc(CNc2ccc3[nH]ncc3c2)c2c(c1)CC(C)O2. The Bertz CT molecular complexity index is 857. The van der Waals surface area contributed by atoms with Gasteiger partial charge in [-0.05, 0) is 37.3 Å². The molecular formula is C18H19N3O2. The molecule has 0 saturated heterocycles. The van der Waals surface area contributed by atoms with Crippen molar-refractivity contribution in [3.05, 3.63) is 47.7 Å². The minimum atomic E-state index is 0.220. The van der Waals surface area contributed by atoms with Gasteiger partial charge in [-0.1, -0.05) is 0 Å². The van der Waals surface area contributed by atoms with Crippen LogP contribution in [0.5, 0.6) is 11.5 Å². The summed E-state index contributed by atoms with van der Waals surface area (Å²) in [6, 6.07) is 10.3.